The molecule has 3 rings (SSSR count). The maximum atomic E-state index is 13.0. The molecular weight excluding hydrogens is 484 g/mol. The van der Waals surface area contributed by atoms with Crippen molar-refractivity contribution >= 4 is 32.3 Å². The number of hydrogen-bond acceptors (Lipinski definition) is 8. The van der Waals surface area contributed by atoms with Gasteiger partial charge in [-0.2, -0.15) is 20.1 Å². The predicted molar refractivity (Wildman–Crippen MR) is 132 cm³/mol. The van der Waals surface area contributed by atoms with Crippen molar-refractivity contribution < 1.29 is 13.2 Å². The number of hydrogen-bond donors (Lipinski definition) is 1. The molecule has 0 aliphatic carbocycles. The van der Waals surface area contributed by atoms with Crippen molar-refractivity contribution in [3.63, 3.8) is 0 Å². The zero-order valence-corrected chi connectivity index (χ0v) is 21.1. The van der Waals surface area contributed by atoms with Crippen LogP contribution >= 0.6 is 11.3 Å². The van der Waals surface area contributed by atoms with Crippen molar-refractivity contribution in [3.05, 3.63) is 45.8 Å². The molecule has 0 atom stereocenters. The van der Waals surface area contributed by atoms with E-state index in [4.69, 9.17) is 10.5 Å². The third-order valence-corrected chi connectivity index (χ3v) is 8.76. The van der Waals surface area contributed by atoms with E-state index in [0.717, 1.165) is 47.2 Å². The molecule has 1 aliphatic heterocycles. The lowest BCUT2D eigenvalue weighted by molar-refractivity contribution is 0.102. The van der Waals surface area contributed by atoms with E-state index in [1.54, 1.807) is 0 Å². The fourth-order valence-corrected chi connectivity index (χ4v) is 6.65. The number of amides is 1. The van der Waals surface area contributed by atoms with Crippen LogP contribution < -0.4 is 5.32 Å². The minimum atomic E-state index is -3.92. The Labute approximate surface area is 209 Å². The minimum Gasteiger partial charge on any atom is -0.312 e. The van der Waals surface area contributed by atoms with Crippen molar-refractivity contribution in [2.75, 3.05) is 31.5 Å². The van der Waals surface area contributed by atoms with Gasteiger partial charge in [-0.3, -0.25) is 9.69 Å². The number of thiophene rings is 1. The molecule has 1 aromatic carbocycles. The molecule has 0 saturated carbocycles. The molecule has 2 aromatic rings. The summed E-state index contributed by atoms with van der Waals surface area (Å²) >= 11 is 1.41. The lowest BCUT2D eigenvalue weighted by atomic mass is 10.0. The molecule has 0 fully saturated rings. The molecule has 0 saturated heterocycles. The highest BCUT2D eigenvalue weighted by Crippen LogP contribution is 2.37. The molecule has 1 aromatic heterocycles. The lowest BCUT2D eigenvalue weighted by Crippen LogP contribution is -2.32. The third kappa shape index (κ3) is 6.05. The Hall–Kier alpha value is -3.27. The monoisotopic (exact) mass is 510 g/mol. The van der Waals surface area contributed by atoms with Crippen LogP contribution in [0.1, 0.15) is 52.5 Å². The zero-order chi connectivity index (χ0) is 25.4. The Bertz CT molecular complexity index is 1280. The first-order chi connectivity index (χ1) is 16.8. The first-order valence-corrected chi connectivity index (χ1v) is 13.5. The molecule has 182 valence electrons. The van der Waals surface area contributed by atoms with Gasteiger partial charge >= 0.3 is 0 Å². The van der Waals surface area contributed by atoms with Gasteiger partial charge in [0.25, 0.3) is 5.91 Å². The van der Waals surface area contributed by atoms with E-state index in [-0.39, 0.29) is 36.4 Å². The normalized spacial score (nSPS) is 13.5. The summed E-state index contributed by atoms with van der Waals surface area (Å²) in [5.74, 6) is -0.430. The summed E-state index contributed by atoms with van der Waals surface area (Å²) in [4.78, 5) is 16.3. The van der Waals surface area contributed by atoms with Gasteiger partial charge in [-0.05, 0) is 49.2 Å². The van der Waals surface area contributed by atoms with Gasteiger partial charge < -0.3 is 5.32 Å². The van der Waals surface area contributed by atoms with E-state index in [1.165, 1.54) is 35.6 Å². The summed E-state index contributed by atoms with van der Waals surface area (Å²) in [6.45, 7) is 4.73. The third-order valence-electron chi connectivity index (χ3n) is 5.71. The predicted octanol–water partition coefficient (Wildman–Crippen LogP) is 3.46. The fourth-order valence-electron chi connectivity index (χ4n) is 3.97. The molecule has 0 radical (unpaired) electrons. The molecule has 1 aliphatic rings. The molecular formula is C24H26N6O3S2. The Kier molecular flexibility index (Phi) is 8.97. The highest BCUT2D eigenvalue weighted by molar-refractivity contribution is 7.89. The highest BCUT2D eigenvalue weighted by atomic mass is 32.2. The van der Waals surface area contributed by atoms with Gasteiger partial charge in [-0.25, -0.2) is 8.42 Å². The van der Waals surface area contributed by atoms with E-state index >= 15 is 0 Å². The summed E-state index contributed by atoms with van der Waals surface area (Å²) in [6.07, 6.45) is 1.83. The topological polar surface area (TPSA) is 141 Å². The number of benzene rings is 1. The Morgan fingerprint density at radius 3 is 2.37 bits per heavy atom. The number of nitrogens with zero attached hydrogens (tertiary/aromatic N) is 5. The number of nitrogens with one attached hydrogen (secondary N) is 1. The molecule has 1 amide bonds. The number of sulfonamides is 1. The standard InChI is InChI=1S/C24H26N6O3S2/c1-2-12-29-15-9-20-21(16-27)24(34-22(20)17-29)28-23(31)18-5-7-19(8-6-18)35(32,33)30(13-3-10-25)14-4-11-26/h5-8H,2-4,9,12-15,17H2,1H3,(H,28,31). The van der Waals surface area contributed by atoms with Crippen molar-refractivity contribution in [1.82, 2.24) is 9.21 Å². The van der Waals surface area contributed by atoms with Gasteiger partial charge in [0, 0.05) is 49.5 Å². The van der Waals surface area contributed by atoms with Crippen molar-refractivity contribution in [2.24, 2.45) is 0 Å². The molecule has 1 N–H and O–H groups in total. The average Bonchev–Trinajstić information content (AvgIpc) is 3.20. The maximum Gasteiger partial charge on any atom is 0.256 e. The summed E-state index contributed by atoms with van der Waals surface area (Å²) in [5.41, 5.74) is 1.75. The second-order valence-electron chi connectivity index (χ2n) is 8.04. The summed E-state index contributed by atoms with van der Waals surface area (Å²) < 4.78 is 27.0. The minimum absolute atomic E-state index is 0.00731. The summed E-state index contributed by atoms with van der Waals surface area (Å²) in [7, 11) is -3.92. The molecule has 0 unspecified atom stereocenters. The van der Waals surface area contributed by atoms with Gasteiger partial charge in [-0.1, -0.05) is 6.92 Å². The number of nitriles is 3. The number of rotatable bonds is 10. The molecule has 9 nitrogen and oxygen atoms in total. The van der Waals surface area contributed by atoms with Crippen molar-refractivity contribution in [3.8, 4) is 18.2 Å². The number of fused-ring (bicyclic) bond motifs is 1. The molecule has 35 heavy (non-hydrogen) atoms. The number of carbonyl (C=O) groups excluding carboxylic acids is 1. The fraction of sp³-hybridized carbons (Fsp3) is 0.417. The average molecular weight is 511 g/mol. The van der Waals surface area contributed by atoms with Crippen LogP contribution in [-0.2, 0) is 23.0 Å². The Morgan fingerprint density at radius 2 is 1.80 bits per heavy atom. The van der Waals surface area contributed by atoms with Crippen molar-refractivity contribution in [1.29, 1.82) is 15.8 Å². The van der Waals surface area contributed by atoms with Crippen LogP contribution in [0.25, 0.3) is 0 Å². The largest absolute Gasteiger partial charge is 0.312 e. The quantitative estimate of drug-likeness (QED) is 0.516. The van der Waals surface area contributed by atoms with E-state index in [9.17, 15) is 18.5 Å². The summed E-state index contributed by atoms with van der Waals surface area (Å²) in [5, 5.41) is 30.7. The van der Waals surface area contributed by atoms with Crippen molar-refractivity contribution in [2.45, 2.75) is 44.0 Å². The first-order valence-electron chi connectivity index (χ1n) is 11.3. The van der Waals surface area contributed by atoms with E-state index < -0.39 is 15.9 Å². The van der Waals surface area contributed by atoms with Crippen LogP contribution in [0.3, 0.4) is 0 Å². The van der Waals surface area contributed by atoms with Gasteiger partial charge in [0.05, 0.1) is 22.6 Å². The van der Waals surface area contributed by atoms with Crippen LogP contribution in [0.2, 0.25) is 0 Å². The second-order valence-corrected chi connectivity index (χ2v) is 11.1. The molecule has 2 heterocycles. The SMILES string of the molecule is CCCN1CCc2c(sc(NC(=O)c3ccc(S(=O)(=O)N(CCC#N)CCC#N)cc3)c2C#N)C1. The van der Waals surface area contributed by atoms with Gasteiger partial charge in [0.2, 0.25) is 10.0 Å². The summed E-state index contributed by atoms with van der Waals surface area (Å²) in [6, 6.07) is 11.6. The van der Waals surface area contributed by atoms with Gasteiger partial charge in [0.15, 0.2) is 0 Å². The molecule has 0 bridgehead atoms. The molecule has 0 spiro atoms. The Morgan fingerprint density at radius 1 is 1.14 bits per heavy atom. The van der Waals surface area contributed by atoms with Crippen LogP contribution in [0, 0.1) is 34.0 Å². The highest BCUT2D eigenvalue weighted by Gasteiger charge is 2.26. The van der Waals surface area contributed by atoms with Crippen LogP contribution in [0.15, 0.2) is 29.2 Å². The maximum absolute atomic E-state index is 13.0. The smallest absolute Gasteiger partial charge is 0.256 e. The molecule has 11 heteroatoms. The Balaban J connectivity index is 1.77. The zero-order valence-electron chi connectivity index (χ0n) is 19.5. The number of anilines is 1. The first kappa shape index (κ1) is 26.3. The van der Waals surface area contributed by atoms with E-state index in [0.29, 0.717) is 10.6 Å². The van der Waals surface area contributed by atoms with Crippen LogP contribution in [0.5, 0.6) is 0 Å². The van der Waals surface area contributed by atoms with Crippen LogP contribution in [-0.4, -0.2) is 49.7 Å². The second kappa shape index (κ2) is 11.9. The van der Waals surface area contributed by atoms with Gasteiger partial charge in [0.1, 0.15) is 11.1 Å². The van der Waals surface area contributed by atoms with Gasteiger partial charge in [-0.15, -0.1) is 11.3 Å². The van der Waals surface area contributed by atoms with Crippen LogP contribution in [0.4, 0.5) is 5.00 Å². The lowest BCUT2D eigenvalue weighted by Gasteiger charge is -2.26. The van der Waals surface area contributed by atoms with E-state index in [1.807, 2.05) is 12.1 Å². The number of carbonyl (C=O) groups is 1. The van der Waals surface area contributed by atoms with E-state index in [2.05, 4.69) is 23.2 Å².